The quantitative estimate of drug-likeness (QED) is 0.527. The van der Waals surface area contributed by atoms with Crippen LogP contribution in [0.1, 0.15) is 24.2 Å². The predicted octanol–water partition coefficient (Wildman–Crippen LogP) is 3.50. The number of carbonyl (C=O) groups is 1. The number of rotatable bonds is 4. The molecule has 0 radical (unpaired) electrons. The zero-order valence-corrected chi connectivity index (χ0v) is 15.0. The lowest BCUT2D eigenvalue weighted by molar-refractivity contribution is 0.0459. The second-order valence-electron chi connectivity index (χ2n) is 6.25. The van der Waals surface area contributed by atoms with Gasteiger partial charge in [-0.15, -0.1) is 0 Å². The molecule has 1 aromatic heterocycles. The maximum Gasteiger partial charge on any atom is 0.338 e. The molecule has 0 amide bonds. The second-order valence-corrected chi connectivity index (χ2v) is 7.63. The first-order chi connectivity index (χ1) is 11.9. The monoisotopic (exact) mass is 358 g/mol. The van der Waals surface area contributed by atoms with Crippen molar-refractivity contribution < 1.29 is 18.2 Å². The van der Waals surface area contributed by atoms with Crippen LogP contribution in [-0.2, 0) is 15.5 Å². The number of benzene rings is 2. The van der Waals surface area contributed by atoms with E-state index >= 15 is 0 Å². The third-order valence-corrected chi connectivity index (χ3v) is 4.67. The fourth-order valence-corrected chi connectivity index (χ4v) is 3.00. The van der Waals surface area contributed by atoms with Gasteiger partial charge in [0.15, 0.2) is 0 Å². The average Bonchev–Trinajstić information content (AvgIpc) is 2.59. The topological polar surface area (TPSA) is 73.6 Å². The highest BCUT2D eigenvalue weighted by atomic mass is 32.2. The van der Waals surface area contributed by atoms with Crippen molar-refractivity contribution in [2.24, 2.45) is 5.92 Å². The Kier molecular flexibility index (Phi) is 4.72. The zero-order valence-electron chi connectivity index (χ0n) is 14.2. The number of hydrogen-bond acceptors (Lipinski definition) is 5. The van der Waals surface area contributed by atoms with Gasteiger partial charge in [-0.25, -0.2) is 4.79 Å². The van der Waals surface area contributed by atoms with Crippen LogP contribution < -0.4 is 5.43 Å². The standard InChI is InChI=1S/C19H18O5S/c1-11(2)10-23-19(21)12-4-7-16-15(8-12)18(20)14-6-5-13(25(3)22)9-17(14)24-16/h4-9,11H,10H2,1-3H3. The van der Waals surface area contributed by atoms with Crippen molar-refractivity contribution >= 4 is 38.7 Å². The lowest BCUT2D eigenvalue weighted by Gasteiger charge is -2.08. The Hall–Kier alpha value is -2.47. The predicted molar refractivity (Wildman–Crippen MR) is 97.4 cm³/mol. The summed E-state index contributed by atoms with van der Waals surface area (Å²) in [6.45, 7) is 4.22. The second kappa shape index (κ2) is 6.80. The lowest BCUT2D eigenvalue weighted by atomic mass is 10.1. The summed E-state index contributed by atoms with van der Waals surface area (Å²) in [6, 6.07) is 9.49. The van der Waals surface area contributed by atoms with E-state index < -0.39 is 16.8 Å². The maximum atomic E-state index is 12.7. The molecule has 25 heavy (non-hydrogen) atoms. The first-order valence-electron chi connectivity index (χ1n) is 7.88. The normalized spacial score (nSPS) is 12.6. The molecule has 1 unspecified atom stereocenters. The molecular formula is C19H18O5S. The largest absolute Gasteiger partial charge is 0.462 e. The molecule has 0 saturated heterocycles. The van der Waals surface area contributed by atoms with Crippen molar-refractivity contribution in [3.05, 3.63) is 52.2 Å². The molecule has 0 aliphatic rings. The van der Waals surface area contributed by atoms with E-state index in [9.17, 15) is 13.8 Å². The van der Waals surface area contributed by atoms with E-state index in [1.165, 1.54) is 6.07 Å². The van der Waals surface area contributed by atoms with Crippen LogP contribution in [0.3, 0.4) is 0 Å². The van der Waals surface area contributed by atoms with Crippen molar-refractivity contribution in [1.82, 2.24) is 0 Å². The van der Waals surface area contributed by atoms with Crippen LogP contribution in [0.15, 0.2) is 50.5 Å². The molecule has 3 rings (SSSR count). The van der Waals surface area contributed by atoms with Gasteiger partial charge in [-0.05, 0) is 42.3 Å². The molecule has 1 heterocycles. The van der Waals surface area contributed by atoms with Crippen LogP contribution in [0.4, 0.5) is 0 Å². The van der Waals surface area contributed by atoms with Crippen LogP contribution in [0.2, 0.25) is 0 Å². The third-order valence-electron chi connectivity index (χ3n) is 3.76. The molecule has 2 aromatic carbocycles. The summed E-state index contributed by atoms with van der Waals surface area (Å²) < 4.78 is 22.6. The Balaban J connectivity index is 2.11. The molecule has 0 aliphatic heterocycles. The summed E-state index contributed by atoms with van der Waals surface area (Å²) in [5.74, 6) is -0.233. The summed E-state index contributed by atoms with van der Waals surface area (Å²) in [5, 5.41) is 0.700. The lowest BCUT2D eigenvalue weighted by Crippen LogP contribution is -2.11. The highest BCUT2D eigenvalue weighted by molar-refractivity contribution is 7.84. The molecule has 5 nitrogen and oxygen atoms in total. The highest BCUT2D eigenvalue weighted by Gasteiger charge is 2.14. The number of esters is 1. The smallest absolute Gasteiger partial charge is 0.338 e. The van der Waals surface area contributed by atoms with Gasteiger partial charge in [0.05, 0.1) is 22.9 Å². The van der Waals surface area contributed by atoms with Crippen LogP contribution in [0, 0.1) is 5.92 Å². The van der Waals surface area contributed by atoms with Crippen molar-refractivity contribution in [2.75, 3.05) is 12.9 Å². The minimum Gasteiger partial charge on any atom is -0.462 e. The number of hydrogen-bond donors (Lipinski definition) is 0. The van der Waals surface area contributed by atoms with Crippen molar-refractivity contribution in [1.29, 1.82) is 0 Å². The van der Waals surface area contributed by atoms with Crippen molar-refractivity contribution in [2.45, 2.75) is 18.7 Å². The van der Waals surface area contributed by atoms with Crippen LogP contribution in [-0.4, -0.2) is 23.0 Å². The van der Waals surface area contributed by atoms with Gasteiger partial charge in [0, 0.05) is 22.0 Å². The molecule has 6 heteroatoms. The molecule has 3 aromatic rings. The fraction of sp³-hybridized carbons (Fsp3) is 0.263. The molecule has 0 bridgehead atoms. The van der Waals surface area contributed by atoms with Gasteiger partial charge < -0.3 is 9.15 Å². The fourth-order valence-electron chi connectivity index (χ4n) is 2.47. The molecular weight excluding hydrogens is 340 g/mol. The molecule has 0 fully saturated rings. The Morgan fingerprint density at radius 3 is 2.56 bits per heavy atom. The van der Waals surface area contributed by atoms with Crippen molar-refractivity contribution in [3.8, 4) is 0 Å². The van der Waals surface area contributed by atoms with Gasteiger partial charge in [0.25, 0.3) is 0 Å². The van der Waals surface area contributed by atoms with E-state index in [-0.39, 0.29) is 11.3 Å². The Morgan fingerprint density at radius 1 is 1.12 bits per heavy atom. The Morgan fingerprint density at radius 2 is 1.88 bits per heavy atom. The molecule has 1 atom stereocenters. The van der Waals surface area contributed by atoms with Gasteiger partial charge in [-0.1, -0.05) is 13.8 Å². The maximum absolute atomic E-state index is 12.7. The summed E-state index contributed by atoms with van der Waals surface area (Å²) in [6.07, 6.45) is 1.56. The zero-order chi connectivity index (χ0) is 18.1. The summed E-state index contributed by atoms with van der Waals surface area (Å²) in [5.41, 5.74) is 0.826. The first kappa shape index (κ1) is 17.4. The number of ether oxygens (including phenoxy) is 1. The SMILES string of the molecule is CC(C)COC(=O)c1ccc2oc3cc(S(C)=O)ccc3c(=O)c2c1. The van der Waals surface area contributed by atoms with E-state index in [1.807, 2.05) is 13.8 Å². The Labute approximate surface area is 147 Å². The molecule has 0 N–H and O–H groups in total. The third kappa shape index (κ3) is 3.49. The first-order valence-corrected chi connectivity index (χ1v) is 9.44. The van der Waals surface area contributed by atoms with Gasteiger partial charge in [0.1, 0.15) is 11.2 Å². The molecule has 130 valence electrons. The average molecular weight is 358 g/mol. The highest BCUT2D eigenvalue weighted by Crippen LogP contribution is 2.22. The van der Waals surface area contributed by atoms with E-state index in [0.29, 0.717) is 39.0 Å². The summed E-state index contributed by atoms with van der Waals surface area (Å²) in [4.78, 5) is 25.4. The van der Waals surface area contributed by atoms with Gasteiger partial charge in [-0.2, -0.15) is 0 Å². The van der Waals surface area contributed by atoms with E-state index in [1.54, 1.807) is 36.6 Å². The van der Waals surface area contributed by atoms with Gasteiger partial charge >= 0.3 is 5.97 Å². The van der Waals surface area contributed by atoms with Crippen molar-refractivity contribution in [3.63, 3.8) is 0 Å². The minimum atomic E-state index is -1.16. The number of fused-ring (bicyclic) bond motifs is 2. The number of carbonyl (C=O) groups excluding carboxylic acids is 1. The molecule has 0 saturated carbocycles. The molecule has 0 aliphatic carbocycles. The minimum absolute atomic E-state index is 0.233. The van der Waals surface area contributed by atoms with E-state index in [2.05, 4.69) is 0 Å². The summed E-state index contributed by atoms with van der Waals surface area (Å²) in [7, 11) is -1.16. The summed E-state index contributed by atoms with van der Waals surface area (Å²) >= 11 is 0. The Bertz CT molecular complexity index is 1050. The van der Waals surface area contributed by atoms with Crippen LogP contribution in [0.25, 0.3) is 21.9 Å². The van der Waals surface area contributed by atoms with E-state index in [0.717, 1.165) is 0 Å². The van der Waals surface area contributed by atoms with Gasteiger partial charge in [-0.3, -0.25) is 9.00 Å². The van der Waals surface area contributed by atoms with E-state index in [4.69, 9.17) is 9.15 Å². The molecule has 0 spiro atoms. The van der Waals surface area contributed by atoms with Crippen LogP contribution >= 0.6 is 0 Å². The van der Waals surface area contributed by atoms with Crippen LogP contribution in [0.5, 0.6) is 0 Å². The van der Waals surface area contributed by atoms with Gasteiger partial charge in [0.2, 0.25) is 5.43 Å².